The molecule has 0 bridgehead atoms. The first-order chi connectivity index (χ1) is 5.75. The van der Waals surface area contributed by atoms with Crippen molar-refractivity contribution >= 4 is 5.57 Å². The Morgan fingerprint density at radius 1 is 1.42 bits per heavy atom. The topological polar surface area (TPSA) is 26.0 Å². The molecule has 1 aliphatic carbocycles. The molecule has 1 unspecified atom stereocenters. The molecule has 1 aromatic rings. The number of nitrogens with two attached hydrogens (primary N) is 1. The monoisotopic (exact) mass is 163 g/mol. The summed E-state index contributed by atoms with van der Waals surface area (Å²) >= 11 is 0. The third-order valence-corrected chi connectivity index (χ3v) is 2.07. The van der Waals surface area contributed by atoms with Crippen LogP contribution in [0.5, 0.6) is 0 Å². The molecule has 1 aromatic carbocycles. The smallest absolute Gasteiger partial charge is 0.123 e. The van der Waals surface area contributed by atoms with Crippen molar-refractivity contribution in [2.24, 2.45) is 5.73 Å². The van der Waals surface area contributed by atoms with E-state index in [-0.39, 0.29) is 11.9 Å². The van der Waals surface area contributed by atoms with E-state index in [4.69, 9.17) is 5.73 Å². The van der Waals surface area contributed by atoms with Gasteiger partial charge in [0.25, 0.3) is 0 Å². The average molecular weight is 163 g/mol. The molecule has 0 heterocycles. The summed E-state index contributed by atoms with van der Waals surface area (Å²) in [6.07, 6.45) is 2.83. The molecule has 2 rings (SSSR count). The van der Waals surface area contributed by atoms with Gasteiger partial charge in [0.15, 0.2) is 0 Å². The Labute approximate surface area is 70.7 Å². The van der Waals surface area contributed by atoms with Crippen molar-refractivity contribution in [1.82, 2.24) is 0 Å². The van der Waals surface area contributed by atoms with Crippen molar-refractivity contribution in [1.29, 1.82) is 0 Å². The van der Waals surface area contributed by atoms with Crippen LogP contribution in [-0.2, 0) is 0 Å². The van der Waals surface area contributed by atoms with Gasteiger partial charge in [-0.2, -0.15) is 0 Å². The van der Waals surface area contributed by atoms with Crippen LogP contribution in [0.2, 0.25) is 0 Å². The Bertz CT molecular complexity index is 330. The predicted molar refractivity (Wildman–Crippen MR) is 47.0 cm³/mol. The van der Waals surface area contributed by atoms with Crippen molar-refractivity contribution in [3.63, 3.8) is 0 Å². The number of hydrogen-bond acceptors (Lipinski definition) is 1. The fourth-order valence-corrected chi connectivity index (χ4v) is 1.38. The standard InChI is InChI=1S/C10H10FN/c11-9-3-1-2-7(4-9)8-5-10(12)6-8/h1-5,10H,6,12H2. The minimum absolute atomic E-state index is 0.170. The molecule has 0 saturated heterocycles. The lowest BCUT2D eigenvalue weighted by molar-refractivity contribution is 0.627. The third kappa shape index (κ3) is 1.25. The third-order valence-electron chi connectivity index (χ3n) is 2.07. The summed E-state index contributed by atoms with van der Waals surface area (Å²) < 4.78 is 12.7. The first-order valence-corrected chi connectivity index (χ1v) is 3.98. The summed E-state index contributed by atoms with van der Waals surface area (Å²) in [6, 6.07) is 6.78. The highest BCUT2D eigenvalue weighted by Gasteiger charge is 2.15. The van der Waals surface area contributed by atoms with Crippen LogP contribution in [0.25, 0.3) is 5.57 Å². The number of halogens is 1. The van der Waals surface area contributed by atoms with Gasteiger partial charge in [0, 0.05) is 6.04 Å². The van der Waals surface area contributed by atoms with Gasteiger partial charge in [-0.05, 0) is 29.7 Å². The molecule has 1 nitrogen and oxygen atoms in total. The highest BCUT2D eigenvalue weighted by atomic mass is 19.1. The predicted octanol–water partition coefficient (Wildman–Crippen LogP) is 1.94. The average Bonchev–Trinajstić information content (AvgIpc) is 1.99. The van der Waals surface area contributed by atoms with Gasteiger partial charge >= 0.3 is 0 Å². The maximum absolute atomic E-state index is 12.7. The Morgan fingerprint density at radius 2 is 2.17 bits per heavy atom. The van der Waals surface area contributed by atoms with Crippen LogP contribution >= 0.6 is 0 Å². The second-order valence-corrected chi connectivity index (χ2v) is 3.07. The maximum atomic E-state index is 12.7. The van der Waals surface area contributed by atoms with Crippen LogP contribution in [0.3, 0.4) is 0 Å². The van der Waals surface area contributed by atoms with E-state index in [0.29, 0.717) is 0 Å². The first kappa shape index (κ1) is 7.50. The van der Waals surface area contributed by atoms with Crippen molar-refractivity contribution in [3.8, 4) is 0 Å². The largest absolute Gasteiger partial charge is 0.324 e. The fourth-order valence-electron chi connectivity index (χ4n) is 1.38. The molecule has 0 radical (unpaired) electrons. The van der Waals surface area contributed by atoms with E-state index >= 15 is 0 Å². The molecular formula is C10H10FN. The fraction of sp³-hybridized carbons (Fsp3) is 0.200. The van der Waals surface area contributed by atoms with Gasteiger partial charge in [0.2, 0.25) is 0 Å². The molecule has 12 heavy (non-hydrogen) atoms. The lowest BCUT2D eigenvalue weighted by atomic mass is 9.88. The van der Waals surface area contributed by atoms with Crippen LogP contribution < -0.4 is 5.73 Å². The van der Waals surface area contributed by atoms with E-state index in [0.717, 1.165) is 17.6 Å². The molecule has 1 aliphatic rings. The molecule has 0 spiro atoms. The molecule has 0 amide bonds. The first-order valence-electron chi connectivity index (χ1n) is 3.98. The van der Waals surface area contributed by atoms with E-state index in [1.807, 2.05) is 12.1 Å². The molecule has 0 saturated carbocycles. The van der Waals surface area contributed by atoms with E-state index in [1.54, 1.807) is 6.07 Å². The second kappa shape index (κ2) is 2.72. The number of benzene rings is 1. The van der Waals surface area contributed by atoms with Crippen LogP contribution in [0.15, 0.2) is 30.3 Å². The van der Waals surface area contributed by atoms with E-state index in [1.165, 1.54) is 12.1 Å². The summed E-state index contributed by atoms with van der Waals surface area (Å²) in [7, 11) is 0. The minimum Gasteiger partial charge on any atom is -0.324 e. The van der Waals surface area contributed by atoms with Crippen LogP contribution in [0, 0.1) is 5.82 Å². The zero-order valence-electron chi connectivity index (χ0n) is 6.63. The van der Waals surface area contributed by atoms with Gasteiger partial charge in [-0.15, -0.1) is 0 Å². The highest BCUT2D eigenvalue weighted by molar-refractivity contribution is 5.71. The van der Waals surface area contributed by atoms with E-state index in [2.05, 4.69) is 0 Å². The zero-order valence-corrected chi connectivity index (χ0v) is 6.63. The molecule has 2 heteroatoms. The lowest BCUT2D eigenvalue weighted by Gasteiger charge is -2.21. The summed E-state index contributed by atoms with van der Waals surface area (Å²) in [6.45, 7) is 0. The zero-order chi connectivity index (χ0) is 8.55. The Balaban J connectivity index is 2.30. The quantitative estimate of drug-likeness (QED) is 0.672. The van der Waals surface area contributed by atoms with Crippen molar-refractivity contribution in [3.05, 3.63) is 41.7 Å². The van der Waals surface area contributed by atoms with Crippen LogP contribution in [0.1, 0.15) is 12.0 Å². The van der Waals surface area contributed by atoms with Crippen LogP contribution in [-0.4, -0.2) is 6.04 Å². The molecule has 0 fully saturated rings. The van der Waals surface area contributed by atoms with Crippen molar-refractivity contribution < 1.29 is 4.39 Å². The number of rotatable bonds is 1. The van der Waals surface area contributed by atoms with Crippen molar-refractivity contribution in [2.45, 2.75) is 12.5 Å². The maximum Gasteiger partial charge on any atom is 0.123 e. The molecule has 62 valence electrons. The normalized spacial score (nSPS) is 21.5. The Morgan fingerprint density at radius 3 is 2.75 bits per heavy atom. The molecule has 1 atom stereocenters. The molecule has 0 aliphatic heterocycles. The Hall–Kier alpha value is -1.15. The van der Waals surface area contributed by atoms with Gasteiger partial charge in [0.05, 0.1) is 0 Å². The summed E-state index contributed by atoms with van der Waals surface area (Å²) in [5, 5.41) is 0. The molecule has 2 N–H and O–H groups in total. The summed E-state index contributed by atoms with van der Waals surface area (Å²) in [5.41, 5.74) is 7.68. The lowest BCUT2D eigenvalue weighted by Crippen LogP contribution is -2.25. The van der Waals surface area contributed by atoms with Crippen LogP contribution in [0.4, 0.5) is 4.39 Å². The van der Waals surface area contributed by atoms with Crippen molar-refractivity contribution in [2.75, 3.05) is 0 Å². The molecule has 0 aromatic heterocycles. The van der Waals surface area contributed by atoms with Gasteiger partial charge in [-0.1, -0.05) is 18.2 Å². The van der Waals surface area contributed by atoms with E-state index in [9.17, 15) is 4.39 Å². The Kier molecular flexibility index (Phi) is 1.70. The molecular weight excluding hydrogens is 153 g/mol. The van der Waals surface area contributed by atoms with Gasteiger partial charge < -0.3 is 5.73 Å². The van der Waals surface area contributed by atoms with Gasteiger partial charge in [0.1, 0.15) is 5.82 Å². The SMILES string of the molecule is NC1C=C(c2cccc(F)c2)C1. The minimum atomic E-state index is -0.186. The summed E-state index contributed by atoms with van der Waals surface area (Å²) in [4.78, 5) is 0. The highest BCUT2D eigenvalue weighted by Crippen LogP contribution is 2.28. The van der Waals surface area contributed by atoms with E-state index < -0.39 is 0 Å². The van der Waals surface area contributed by atoms with Gasteiger partial charge in [-0.3, -0.25) is 0 Å². The summed E-state index contributed by atoms with van der Waals surface area (Å²) in [5.74, 6) is -0.186. The second-order valence-electron chi connectivity index (χ2n) is 3.07. The van der Waals surface area contributed by atoms with Gasteiger partial charge in [-0.25, -0.2) is 4.39 Å². The number of hydrogen-bond donors (Lipinski definition) is 1.